The van der Waals surface area contributed by atoms with E-state index in [9.17, 15) is 14.4 Å². The Labute approximate surface area is 285 Å². The standard InChI is InChI=1S/C38H30N4O4S2/c1-46-31-15-7-9-25(19-31)20-33(40-36(44)27-11-3-2-4-12-27)37(45)39-30-14-8-16-32(22-30)47-24-35(43)42-38-41-34(23-48-38)29-18-17-26-10-5-6-13-28(26)21-29/h2-23H,24H2,1H3,(H,39,45)(H,40,44)(H,41,42,43)/b33-20-. The minimum absolute atomic E-state index is 0.0565. The van der Waals surface area contributed by atoms with Gasteiger partial charge in [-0.25, -0.2) is 4.98 Å². The molecule has 0 bridgehead atoms. The number of ether oxygens (including phenoxy) is 1. The third-order valence-electron chi connectivity index (χ3n) is 7.19. The number of thiazole rings is 1. The van der Waals surface area contributed by atoms with Gasteiger partial charge < -0.3 is 20.7 Å². The predicted octanol–water partition coefficient (Wildman–Crippen LogP) is 8.11. The zero-order valence-electron chi connectivity index (χ0n) is 25.8. The first-order chi connectivity index (χ1) is 23.4. The number of hydrogen-bond donors (Lipinski definition) is 3. The zero-order valence-corrected chi connectivity index (χ0v) is 27.4. The van der Waals surface area contributed by atoms with Crippen LogP contribution in [0.4, 0.5) is 10.8 Å². The molecule has 0 spiro atoms. The number of benzene rings is 5. The second-order valence-corrected chi connectivity index (χ2v) is 12.5. The van der Waals surface area contributed by atoms with Gasteiger partial charge in [-0.3, -0.25) is 14.4 Å². The molecule has 3 amide bonds. The average Bonchev–Trinajstić information content (AvgIpc) is 3.59. The summed E-state index contributed by atoms with van der Waals surface area (Å²) in [5, 5.41) is 13.2. The molecular formula is C38H30N4O4S2. The molecular weight excluding hydrogens is 641 g/mol. The van der Waals surface area contributed by atoms with E-state index in [0.717, 1.165) is 26.9 Å². The number of fused-ring (bicyclic) bond motifs is 1. The highest BCUT2D eigenvalue weighted by molar-refractivity contribution is 8.00. The van der Waals surface area contributed by atoms with Gasteiger partial charge in [0.2, 0.25) is 5.91 Å². The minimum Gasteiger partial charge on any atom is -0.497 e. The fourth-order valence-corrected chi connectivity index (χ4v) is 6.31. The Morgan fingerprint density at radius 3 is 2.44 bits per heavy atom. The lowest BCUT2D eigenvalue weighted by Gasteiger charge is -2.12. The quantitative estimate of drug-likeness (QED) is 0.0949. The van der Waals surface area contributed by atoms with E-state index in [1.54, 1.807) is 73.8 Å². The van der Waals surface area contributed by atoms with E-state index in [0.29, 0.717) is 27.7 Å². The number of nitrogens with zero attached hydrogens (tertiary/aromatic N) is 1. The molecule has 48 heavy (non-hydrogen) atoms. The summed E-state index contributed by atoms with van der Waals surface area (Å²) in [5.41, 5.74) is 3.45. The van der Waals surface area contributed by atoms with Crippen molar-refractivity contribution in [2.45, 2.75) is 4.90 Å². The molecule has 10 heteroatoms. The van der Waals surface area contributed by atoms with Crippen molar-refractivity contribution in [3.8, 4) is 17.0 Å². The van der Waals surface area contributed by atoms with Crippen LogP contribution in [0.25, 0.3) is 28.1 Å². The number of carbonyl (C=O) groups excluding carboxylic acids is 3. The first-order valence-corrected chi connectivity index (χ1v) is 16.8. The summed E-state index contributed by atoms with van der Waals surface area (Å²) >= 11 is 2.71. The van der Waals surface area contributed by atoms with E-state index < -0.39 is 11.8 Å². The number of aromatic nitrogens is 1. The predicted molar refractivity (Wildman–Crippen MR) is 194 cm³/mol. The van der Waals surface area contributed by atoms with Gasteiger partial charge in [-0.1, -0.05) is 72.8 Å². The van der Waals surface area contributed by atoms with Crippen LogP contribution in [0, 0.1) is 0 Å². The summed E-state index contributed by atoms with van der Waals surface area (Å²) in [4.78, 5) is 44.7. The molecule has 238 valence electrons. The van der Waals surface area contributed by atoms with Crippen LogP contribution in [0.1, 0.15) is 15.9 Å². The van der Waals surface area contributed by atoms with Crippen molar-refractivity contribution >= 4 is 68.5 Å². The first kappa shape index (κ1) is 32.2. The van der Waals surface area contributed by atoms with Crippen LogP contribution in [0.5, 0.6) is 5.75 Å². The average molecular weight is 671 g/mol. The SMILES string of the molecule is COc1cccc(/C=C(\NC(=O)c2ccccc2)C(=O)Nc2cccc(SCC(=O)Nc3nc(-c4ccc5ccccc5c4)cs3)c2)c1. The fraction of sp³-hybridized carbons (Fsp3) is 0.0526. The summed E-state index contributed by atoms with van der Waals surface area (Å²) in [6, 6.07) is 37.3. The van der Waals surface area contributed by atoms with Gasteiger partial charge in [0.1, 0.15) is 11.4 Å². The summed E-state index contributed by atoms with van der Waals surface area (Å²) in [7, 11) is 1.56. The smallest absolute Gasteiger partial charge is 0.272 e. The van der Waals surface area contributed by atoms with Crippen LogP contribution in [0.15, 0.2) is 137 Å². The van der Waals surface area contributed by atoms with Crippen LogP contribution in [0.3, 0.4) is 0 Å². The Balaban J connectivity index is 1.09. The number of rotatable bonds is 11. The van der Waals surface area contributed by atoms with Crippen LogP contribution in [-0.2, 0) is 9.59 Å². The number of nitrogens with one attached hydrogen (secondary N) is 3. The van der Waals surface area contributed by atoms with Crippen molar-refractivity contribution in [2.75, 3.05) is 23.5 Å². The topological polar surface area (TPSA) is 109 Å². The molecule has 6 aromatic rings. The number of anilines is 2. The molecule has 0 aliphatic rings. The molecule has 0 unspecified atom stereocenters. The molecule has 0 saturated heterocycles. The van der Waals surface area contributed by atoms with Crippen molar-refractivity contribution < 1.29 is 19.1 Å². The number of methoxy groups -OCH3 is 1. The zero-order chi connectivity index (χ0) is 33.3. The van der Waals surface area contributed by atoms with Crippen LogP contribution in [-0.4, -0.2) is 35.6 Å². The van der Waals surface area contributed by atoms with Gasteiger partial charge in [0.25, 0.3) is 11.8 Å². The Morgan fingerprint density at radius 1 is 0.812 bits per heavy atom. The van der Waals surface area contributed by atoms with Gasteiger partial charge in [0, 0.05) is 27.1 Å². The molecule has 3 N–H and O–H groups in total. The lowest BCUT2D eigenvalue weighted by atomic mass is 10.1. The maximum Gasteiger partial charge on any atom is 0.272 e. The van der Waals surface area contributed by atoms with E-state index in [-0.39, 0.29) is 17.4 Å². The van der Waals surface area contributed by atoms with E-state index in [1.807, 2.05) is 41.8 Å². The van der Waals surface area contributed by atoms with Crippen molar-refractivity contribution in [1.82, 2.24) is 10.3 Å². The highest BCUT2D eigenvalue weighted by Crippen LogP contribution is 2.28. The van der Waals surface area contributed by atoms with Crippen LogP contribution >= 0.6 is 23.1 Å². The van der Waals surface area contributed by atoms with Gasteiger partial charge in [-0.05, 0) is 70.9 Å². The Morgan fingerprint density at radius 2 is 1.60 bits per heavy atom. The number of carbonyl (C=O) groups is 3. The Hall–Kier alpha value is -5.71. The van der Waals surface area contributed by atoms with E-state index in [2.05, 4.69) is 45.2 Å². The van der Waals surface area contributed by atoms with Gasteiger partial charge in [0.05, 0.1) is 18.6 Å². The van der Waals surface area contributed by atoms with Crippen molar-refractivity contribution in [3.05, 3.63) is 144 Å². The lowest BCUT2D eigenvalue weighted by molar-refractivity contribution is -0.114. The second-order valence-electron chi connectivity index (χ2n) is 10.6. The highest BCUT2D eigenvalue weighted by atomic mass is 32.2. The summed E-state index contributed by atoms with van der Waals surface area (Å²) in [6.07, 6.45) is 1.59. The number of hydrogen-bond acceptors (Lipinski definition) is 7. The first-order valence-electron chi connectivity index (χ1n) is 14.9. The van der Waals surface area contributed by atoms with Gasteiger partial charge in [-0.15, -0.1) is 23.1 Å². The second kappa shape index (κ2) is 15.3. The molecule has 5 aromatic carbocycles. The maximum atomic E-state index is 13.5. The van der Waals surface area contributed by atoms with E-state index in [4.69, 9.17) is 4.74 Å². The van der Waals surface area contributed by atoms with Crippen LogP contribution in [0.2, 0.25) is 0 Å². The minimum atomic E-state index is -0.506. The molecule has 0 radical (unpaired) electrons. The molecule has 1 heterocycles. The third-order valence-corrected chi connectivity index (χ3v) is 8.94. The van der Waals surface area contributed by atoms with Crippen LogP contribution < -0.4 is 20.7 Å². The summed E-state index contributed by atoms with van der Waals surface area (Å²) in [5.74, 6) is -0.350. The van der Waals surface area contributed by atoms with Gasteiger partial charge in [0.15, 0.2) is 5.13 Å². The fourth-order valence-electron chi connectivity index (χ4n) is 4.82. The lowest BCUT2D eigenvalue weighted by Crippen LogP contribution is -2.30. The molecule has 0 atom stereocenters. The van der Waals surface area contributed by atoms with Gasteiger partial charge >= 0.3 is 0 Å². The maximum absolute atomic E-state index is 13.5. The molecule has 0 saturated carbocycles. The molecule has 1 aromatic heterocycles. The summed E-state index contributed by atoms with van der Waals surface area (Å²) < 4.78 is 5.31. The molecule has 0 aliphatic heterocycles. The normalized spacial score (nSPS) is 11.1. The largest absolute Gasteiger partial charge is 0.497 e. The summed E-state index contributed by atoms with van der Waals surface area (Å²) in [6.45, 7) is 0. The molecule has 0 fully saturated rings. The number of thioether (sulfide) groups is 1. The van der Waals surface area contributed by atoms with Crippen molar-refractivity contribution in [2.24, 2.45) is 0 Å². The Kier molecular flexibility index (Phi) is 10.2. The van der Waals surface area contributed by atoms with Crippen molar-refractivity contribution in [3.63, 3.8) is 0 Å². The van der Waals surface area contributed by atoms with E-state index in [1.165, 1.54) is 23.1 Å². The monoisotopic (exact) mass is 670 g/mol. The van der Waals surface area contributed by atoms with E-state index >= 15 is 0 Å². The highest BCUT2D eigenvalue weighted by Gasteiger charge is 2.16. The molecule has 6 rings (SSSR count). The number of amides is 3. The van der Waals surface area contributed by atoms with Gasteiger partial charge in [-0.2, -0.15) is 0 Å². The van der Waals surface area contributed by atoms with Crippen molar-refractivity contribution in [1.29, 1.82) is 0 Å². The third kappa shape index (κ3) is 8.35. The Bertz CT molecular complexity index is 2130. The molecule has 0 aliphatic carbocycles. The molecule has 8 nitrogen and oxygen atoms in total.